The van der Waals surface area contributed by atoms with Gasteiger partial charge in [-0.3, -0.25) is 0 Å². The molecule has 0 unspecified atom stereocenters. The Bertz CT molecular complexity index is 429. The Hall–Kier alpha value is -1.28. The highest BCUT2D eigenvalue weighted by molar-refractivity contribution is 5.83. The number of fused-ring (bicyclic) bond motifs is 1. The summed E-state index contributed by atoms with van der Waals surface area (Å²) >= 11 is 0. The van der Waals surface area contributed by atoms with E-state index in [1.54, 1.807) is 0 Å². The minimum atomic E-state index is 0. The maximum atomic E-state index is 2.33. The van der Waals surface area contributed by atoms with E-state index in [1.165, 1.54) is 29.3 Å². The van der Waals surface area contributed by atoms with Crippen LogP contribution in [-0.2, 0) is 13.0 Å². The number of aromatic nitrogens is 1. The molecule has 0 saturated heterocycles. The van der Waals surface area contributed by atoms with Gasteiger partial charge >= 0.3 is 0 Å². The average molecular weight is 204 g/mol. The monoisotopic (exact) mass is 204 g/mol. The lowest BCUT2D eigenvalue weighted by atomic mass is 10.1. The van der Waals surface area contributed by atoms with E-state index >= 15 is 0 Å². The average Bonchev–Trinajstić information content (AvgIpc) is 2.58. The summed E-state index contributed by atoms with van der Waals surface area (Å²) in [5.74, 6) is 0. The molecule has 0 bridgehead atoms. The Morgan fingerprint density at radius 2 is 1.87 bits per heavy atom. The van der Waals surface area contributed by atoms with E-state index in [-0.39, 0.29) is 6.15 Å². The first-order valence-electron chi connectivity index (χ1n) is 5.43. The van der Waals surface area contributed by atoms with Crippen molar-refractivity contribution < 1.29 is 0 Å². The molecule has 0 aliphatic carbocycles. The number of rotatable bonds is 3. The predicted octanol–water partition coefficient (Wildman–Crippen LogP) is 3.78. The van der Waals surface area contributed by atoms with Crippen molar-refractivity contribution in [3.8, 4) is 0 Å². The highest BCUT2D eigenvalue weighted by atomic mass is 14.9. The molecule has 0 amide bonds. The second-order valence-corrected chi connectivity index (χ2v) is 3.71. The first kappa shape index (κ1) is 11.8. The molecule has 2 rings (SSSR count). The second kappa shape index (κ2) is 4.99. The molecule has 1 aromatic carbocycles. The van der Waals surface area contributed by atoms with Crippen LogP contribution in [0.5, 0.6) is 0 Å². The highest BCUT2D eigenvalue weighted by Gasteiger charge is 2.04. The molecule has 0 fully saturated rings. The van der Waals surface area contributed by atoms with Crippen LogP contribution in [0, 0.1) is 0 Å². The van der Waals surface area contributed by atoms with Crippen molar-refractivity contribution in [3.63, 3.8) is 0 Å². The van der Waals surface area contributed by atoms with Crippen molar-refractivity contribution in [2.45, 2.75) is 33.2 Å². The standard InChI is InChI=1S/C13H17N.H3N/c1-3-7-11-10-14(4-2)13-9-6-5-8-12(11)13;/h5-6,8-10H,3-4,7H2,1-2H3;1H3. The van der Waals surface area contributed by atoms with Crippen LogP contribution >= 0.6 is 0 Å². The molecule has 0 radical (unpaired) electrons. The van der Waals surface area contributed by atoms with Crippen LogP contribution in [0.4, 0.5) is 0 Å². The van der Waals surface area contributed by atoms with Gasteiger partial charge in [-0.05, 0) is 25.0 Å². The third-order valence-corrected chi connectivity index (χ3v) is 2.73. The minimum Gasteiger partial charge on any atom is -0.347 e. The Balaban J connectivity index is 0.00000112. The fourth-order valence-corrected chi connectivity index (χ4v) is 2.05. The number of para-hydroxylation sites is 1. The number of hydrogen-bond donors (Lipinski definition) is 1. The Morgan fingerprint density at radius 1 is 1.13 bits per heavy atom. The lowest BCUT2D eigenvalue weighted by molar-refractivity contribution is 0.788. The summed E-state index contributed by atoms with van der Waals surface area (Å²) in [7, 11) is 0. The third kappa shape index (κ3) is 2.05. The van der Waals surface area contributed by atoms with E-state index in [4.69, 9.17) is 0 Å². The van der Waals surface area contributed by atoms with E-state index < -0.39 is 0 Å². The third-order valence-electron chi connectivity index (χ3n) is 2.73. The van der Waals surface area contributed by atoms with Crippen LogP contribution in [0.3, 0.4) is 0 Å². The van der Waals surface area contributed by atoms with Gasteiger partial charge in [-0.1, -0.05) is 31.5 Å². The Labute approximate surface area is 91.5 Å². The van der Waals surface area contributed by atoms with Crippen molar-refractivity contribution in [1.29, 1.82) is 0 Å². The molecule has 2 aromatic rings. The fraction of sp³-hybridized carbons (Fsp3) is 0.385. The zero-order chi connectivity index (χ0) is 9.97. The molecule has 82 valence electrons. The number of aryl methyl sites for hydroxylation is 2. The topological polar surface area (TPSA) is 39.9 Å². The Morgan fingerprint density at radius 3 is 2.53 bits per heavy atom. The minimum absolute atomic E-state index is 0. The van der Waals surface area contributed by atoms with Gasteiger partial charge in [0.2, 0.25) is 0 Å². The van der Waals surface area contributed by atoms with Crippen molar-refractivity contribution in [2.75, 3.05) is 0 Å². The normalized spacial score (nSPS) is 10.3. The SMILES string of the molecule is CCCc1cn(CC)c2ccccc12.N. The Kier molecular flexibility index (Phi) is 3.92. The number of benzene rings is 1. The van der Waals surface area contributed by atoms with Crippen molar-refractivity contribution in [2.24, 2.45) is 0 Å². The largest absolute Gasteiger partial charge is 0.347 e. The molecule has 0 atom stereocenters. The van der Waals surface area contributed by atoms with Crippen LogP contribution in [0.2, 0.25) is 0 Å². The summed E-state index contributed by atoms with van der Waals surface area (Å²) in [6.07, 6.45) is 4.71. The molecule has 2 nitrogen and oxygen atoms in total. The smallest absolute Gasteiger partial charge is 0.0483 e. The van der Waals surface area contributed by atoms with Crippen LogP contribution in [-0.4, -0.2) is 4.57 Å². The molecule has 15 heavy (non-hydrogen) atoms. The molecule has 1 aromatic heterocycles. The molecule has 0 aliphatic heterocycles. The second-order valence-electron chi connectivity index (χ2n) is 3.71. The van der Waals surface area contributed by atoms with Gasteiger partial charge in [-0.2, -0.15) is 0 Å². The first-order valence-corrected chi connectivity index (χ1v) is 5.43. The van der Waals surface area contributed by atoms with E-state index in [9.17, 15) is 0 Å². The van der Waals surface area contributed by atoms with Gasteiger partial charge in [0.1, 0.15) is 0 Å². The quantitative estimate of drug-likeness (QED) is 0.812. The number of hydrogen-bond acceptors (Lipinski definition) is 1. The molecule has 1 heterocycles. The molecule has 3 N–H and O–H groups in total. The van der Waals surface area contributed by atoms with E-state index in [0.29, 0.717) is 0 Å². The molecule has 0 saturated carbocycles. The summed E-state index contributed by atoms with van der Waals surface area (Å²) in [5, 5.41) is 1.43. The van der Waals surface area contributed by atoms with Gasteiger partial charge < -0.3 is 10.7 Å². The maximum absolute atomic E-state index is 2.33. The van der Waals surface area contributed by atoms with Crippen LogP contribution in [0.25, 0.3) is 10.9 Å². The first-order chi connectivity index (χ1) is 6.86. The highest BCUT2D eigenvalue weighted by Crippen LogP contribution is 2.22. The summed E-state index contributed by atoms with van der Waals surface area (Å²) < 4.78 is 2.33. The van der Waals surface area contributed by atoms with Gasteiger partial charge in [0.15, 0.2) is 0 Å². The molecule has 0 spiro atoms. The van der Waals surface area contributed by atoms with Crippen LogP contribution < -0.4 is 6.15 Å². The van der Waals surface area contributed by atoms with Crippen LogP contribution in [0.15, 0.2) is 30.5 Å². The van der Waals surface area contributed by atoms with Crippen molar-refractivity contribution in [1.82, 2.24) is 10.7 Å². The summed E-state index contributed by atoms with van der Waals surface area (Å²) in [6, 6.07) is 8.68. The summed E-state index contributed by atoms with van der Waals surface area (Å²) in [4.78, 5) is 0. The van der Waals surface area contributed by atoms with E-state index in [2.05, 4.69) is 48.9 Å². The van der Waals surface area contributed by atoms with Crippen molar-refractivity contribution in [3.05, 3.63) is 36.0 Å². The van der Waals surface area contributed by atoms with Crippen molar-refractivity contribution >= 4 is 10.9 Å². The van der Waals surface area contributed by atoms with Gasteiger partial charge in [-0.15, -0.1) is 0 Å². The molecule has 2 heteroatoms. The van der Waals surface area contributed by atoms with Gasteiger partial charge in [0.25, 0.3) is 0 Å². The van der Waals surface area contributed by atoms with Gasteiger partial charge in [0, 0.05) is 23.6 Å². The molecule has 0 aliphatic rings. The van der Waals surface area contributed by atoms with Gasteiger partial charge in [-0.25, -0.2) is 0 Å². The maximum Gasteiger partial charge on any atom is 0.0483 e. The fourth-order valence-electron chi connectivity index (χ4n) is 2.05. The van der Waals surface area contributed by atoms with Crippen LogP contribution in [0.1, 0.15) is 25.8 Å². The summed E-state index contributed by atoms with van der Waals surface area (Å²) in [6.45, 7) is 5.49. The lowest BCUT2D eigenvalue weighted by Crippen LogP contribution is -1.89. The van der Waals surface area contributed by atoms with E-state index in [0.717, 1.165) is 6.54 Å². The zero-order valence-corrected chi connectivity index (χ0v) is 9.66. The lowest BCUT2D eigenvalue weighted by Gasteiger charge is -1.98. The summed E-state index contributed by atoms with van der Waals surface area (Å²) in [5.41, 5.74) is 2.86. The predicted molar refractivity (Wildman–Crippen MR) is 66.6 cm³/mol. The molecular formula is C13H20N2. The molecular weight excluding hydrogens is 184 g/mol. The number of nitrogens with zero attached hydrogens (tertiary/aromatic N) is 1. The zero-order valence-electron chi connectivity index (χ0n) is 9.66. The van der Waals surface area contributed by atoms with E-state index in [1.807, 2.05) is 0 Å². The van der Waals surface area contributed by atoms with Gasteiger partial charge in [0.05, 0.1) is 0 Å².